The maximum Gasteiger partial charge on any atom is 0.0367 e. The molecule has 1 aromatic carbocycles. The Morgan fingerprint density at radius 1 is 1.20 bits per heavy atom. The van der Waals surface area contributed by atoms with Crippen LogP contribution in [0.25, 0.3) is 0 Å². The normalized spacial score (nSPS) is 23.1. The highest BCUT2D eigenvalue weighted by Gasteiger charge is 2.21. The number of hydrogen-bond acceptors (Lipinski definition) is 2. The lowest BCUT2D eigenvalue weighted by Gasteiger charge is -2.40. The lowest BCUT2D eigenvalue weighted by Crippen LogP contribution is -2.51. The first-order valence-electron chi connectivity index (χ1n) is 5.85. The van der Waals surface area contributed by atoms with Crippen LogP contribution in [0.3, 0.4) is 0 Å². The molecular weight excluding hydrogens is 184 g/mol. The molecule has 1 fully saturated rings. The number of rotatable bonds is 2. The van der Waals surface area contributed by atoms with E-state index < -0.39 is 0 Å². The first kappa shape index (κ1) is 10.5. The topological polar surface area (TPSA) is 6.48 Å². The molecule has 2 nitrogen and oxygen atoms in total. The largest absolute Gasteiger partial charge is 0.369 e. The molecule has 15 heavy (non-hydrogen) atoms. The molecule has 0 aliphatic carbocycles. The van der Waals surface area contributed by atoms with Crippen LogP contribution in [-0.4, -0.2) is 37.1 Å². The Morgan fingerprint density at radius 2 is 1.93 bits per heavy atom. The summed E-state index contributed by atoms with van der Waals surface area (Å²) in [6.45, 7) is 9.23. The molecule has 0 amide bonds. The Kier molecular flexibility index (Phi) is 3.27. The third-order valence-electron chi connectivity index (χ3n) is 3.29. The summed E-state index contributed by atoms with van der Waals surface area (Å²) in [7, 11) is 0. The molecule has 2 heteroatoms. The average molecular weight is 204 g/mol. The highest BCUT2D eigenvalue weighted by molar-refractivity contribution is 5.46. The van der Waals surface area contributed by atoms with Gasteiger partial charge in [-0.2, -0.15) is 0 Å². The van der Waals surface area contributed by atoms with Gasteiger partial charge in [0.05, 0.1) is 0 Å². The van der Waals surface area contributed by atoms with E-state index in [0.717, 1.165) is 13.1 Å². The Balaban J connectivity index is 2.03. The molecule has 0 N–H and O–H groups in total. The number of likely N-dealkylation sites (N-methyl/N-ethyl adjacent to an activating group) is 1. The lowest BCUT2D eigenvalue weighted by molar-refractivity contribution is 0.199. The Bertz CT molecular complexity index is 297. The van der Waals surface area contributed by atoms with Crippen molar-refractivity contribution in [2.24, 2.45) is 0 Å². The fourth-order valence-electron chi connectivity index (χ4n) is 2.34. The molecule has 1 unspecified atom stereocenters. The fraction of sp³-hybridized carbons (Fsp3) is 0.538. The Labute approximate surface area is 92.5 Å². The zero-order chi connectivity index (χ0) is 10.7. The standard InChI is InChI=1S/C13H20N2/c1-3-14-9-10-15(11-12(14)2)13-7-5-4-6-8-13/h4-8,12H,3,9-11H2,1-2H3. The highest BCUT2D eigenvalue weighted by Crippen LogP contribution is 2.18. The summed E-state index contributed by atoms with van der Waals surface area (Å²) in [5, 5.41) is 0. The van der Waals surface area contributed by atoms with Gasteiger partial charge >= 0.3 is 0 Å². The maximum atomic E-state index is 2.54. The van der Waals surface area contributed by atoms with Crippen LogP contribution in [0.1, 0.15) is 13.8 Å². The molecule has 1 aliphatic heterocycles. The second-order valence-corrected chi connectivity index (χ2v) is 4.26. The number of hydrogen-bond donors (Lipinski definition) is 0. The maximum absolute atomic E-state index is 2.54. The van der Waals surface area contributed by atoms with Crippen molar-refractivity contribution in [3.05, 3.63) is 30.3 Å². The average Bonchev–Trinajstić information content (AvgIpc) is 2.30. The molecule has 0 radical (unpaired) electrons. The van der Waals surface area contributed by atoms with Gasteiger partial charge in [-0.05, 0) is 25.6 Å². The van der Waals surface area contributed by atoms with Crippen molar-refractivity contribution >= 4 is 5.69 Å². The van der Waals surface area contributed by atoms with E-state index in [1.54, 1.807) is 0 Å². The van der Waals surface area contributed by atoms with Gasteiger partial charge in [0.1, 0.15) is 0 Å². The highest BCUT2D eigenvalue weighted by atomic mass is 15.3. The molecule has 82 valence electrons. The number of piperazine rings is 1. The third-order valence-corrected chi connectivity index (χ3v) is 3.29. The number of nitrogens with zero attached hydrogens (tertiary/aromatic N) is 2. The Morgan fingerprint density at radius 3 is 2.53 bits per heavy atom. The van der Waals surface area contributed by atoms with E-state index in [1.165, 1.54) is 18.8 Å². The predicted molar refractivity (Wildman–Crippen MR) is 65.4 cm³/mol. The summed E-state index contributed by atoms with van der Waals surface area (Å²) in [6, 6.07) is 11.4. The van der Waals surface area contributed by atoms with Gasteiger partial charge in [-0.25, -0.2) is 0 Å². The fourth-order valence-corrected chi connectivity index (χ4v) is 2.34. The van der Waals surface area contributed by atoms with Crippen molar-refractivity contribution in [2.45, 2.75) is 19.9 Å². The second-order valence-electron chi connectivity index (χ2n) is 4.26. The predicted octanol–water partition coefficient (Wildman–Crippen LogP) is 2.22. The molecule has 0 aromatic heterocycles. The van der Waals surface area contributed by atoms with Gasteiger partial charge in [0.2, 0.25) is 0 Å². The van der Waals surface area contributed by atoms with E-state index in [2.05, 4.69) is 54.0 Å². The van der Waals surface area contributed by atoms with Crippen LogP contribution in [0, 0.1) is 0 Å². The summed E-state index contributed by atoms with van der Waals surface area (Å²) in [6.07, 6.45) is 0. The number of benzene rings is 1. The number of para-hydroxylation sites is 1. The molecule has 1 atom stereocenters. The summed E-state index contributed by atoms with van der Waals surface area (Å²) < 4.78 is 0. The summed E-state index contributed by atoms with van der Waals surface area (Å²) in [4.78, 5) is 5.02. The van der Waals surface area contributed by atoms with E-state index >= 15 is 0 Å². The van der Waals surface area contributed by atoms with E-state index in [9.17, 15) is 0 Å². The van der Waals surface area contributed by atoms with Gasteiger partial charge in [-0.15, -0.1) is 0 Å². The zero-order valence-electron chi connectivity index (χ0n) is 9.69. The van der Waals surface area contributed by atoms with Gasteiger partial charge in [-0.1, -0.05) is 25.1 Å². The van der Waals surface area contributed by atoms with Gasteiger partial charge in [0.25, 0.3) is 0 Å². The van der Waals surface area contributed by atoms with E-state index in [4.69, 9.17) is 0 Å². The van der Waals surface area contributed by atoms with Gasteiger partial charge in [-0.3, -0.25) is 4.90 Å². The molecule has 1 saturated heterocycles. The molecule has 1 aromatic rings. The molecular formula is C13H20N2. The molecule has 0 saturated carbocycles. The van der Waals surface area contributed by atoms with Crippen molar-refractivity contribution in [3.8, 4) is 0 Å². The van der Waals surface area contributed by atoms with Crippen LogP contribution in [0.15, 0.2) is 30.3 Å². The lowest BCUT2D eigenvalue weighted by atomic mass is 10.1. The van der Waals surface area contributed by atoms with E-state index in [-0.39, 0.29) is 0 Å². The van der Waals surface area contributed by atoms with E-state index in [1.807, 2.05) is 0 Å². The van der Waals surface area contributed by atoms with Crippen molar-refractivity contribution in [2.75, 3.05) is 31.1 Å². The molecule has 0 bridgehead atoms. The number of anilines is 1. The van der Waals surface area contributed by atoms with Gasteiger partial charge in [0.15, 0.2) is 0 Å². The molecule has 2 rings (SSSR count). The van der Waals surface area contributed by atoms with Gasteiger partial charge in [0, 0.05) is 31.4 Å². The van der Waals surface area contributed by atoms with Crippen molar-refractivity contribution in [3.63, 3.8) is 0 Å². The van der Waals surface area contributed by atoms with Crippen LogP contribution in [0.5, 0.6) is 0 Å². The monoisotopic (exact) mass is 204 g/mol. The minimum Gasteiger partial charge on any atom is -0.369 e. The van der Waals surface area contributed by atoms with E-state index in [0.29, 0.717) is 6.04 Å². The van der Waals surface area contributed by atoms with Crippen LogP contribution in [-0.2, 0) is 0 Å². The second kappa shape index (κ2) is 4.67. The van der Waals surface area contributed by atoms with Crippen LogP contribution in [0.2, 0.25) is 0 Å². The summed E-state index contributed by atoms with van der Waals surface area (Å²) in [5.41, 5.74) is 1.36. The minimum absolute atomic E-state index is 0.670. The molecule has 0 spiro atoms. The van der Waals surface area contributed by atoms with Crippen molar-refractivity contribution in [1.82, 2.24) is 4.90 Å². The van der Waals surface area contributed by atoms with Crippen LogP contribution in [0.4, 0.5) is 5.69 Å². The first-order valence-corrected chi connectivity index (χ1v) is 5.85. The summed E-state index contributed by atoms with van der Waals surface area (Å²) in [5.74, 6) is 0. The SMILES string of the molecule is CCN1CCN(c2ccccc2)CC1C. The zero-order valence-corrected chi connectivity index (χ0v) is 9.69. The van der Waals surface area contributed by atoms with Crippen molar-refractivity contribution in [1.29, 1.82) is 0 Å². The summed E-state index contributed by atoms with van der Waals surface area (Å²) >= 11 is 0. The molecule has 1 heterocycles. The van der Waals surface area contributed by atoms with Gasteiger partial charge < -0.3 is 4.90 Å². The quantitative estimate of drug-likeness (QED) is 0.729. The van der Waals surface area contributed by atoms with Crippen LogP contribution < -0.4 is 4.90 Å². The minimum atomic E-state index is 0.670. The van der Waals surface area contributed by atoms with Crippen molar-refractivity contribution < 1.29 is 0 Å². The Hall–Kier alpha value is -1.02. The van der Waals surface area contributed by atoms with Crippen LogP contribution >= 0.6 is 0 Å². The smallest absolute Gasteiger partial charge is 0.0367 e. The third kappa shape index (κ3) is 2.32. The molecule has 1 aliphatic rings. The first-order chi connectivity index (χ1) is 7.31.